The number of benzene rings is 1. The van der Waals surface area contributed by atoms with E-state index in [2.05, 4.69) is 5.10 Å². The highest BCUT2D eigenvalue weighted by atomic mass is 16.2. The van der Waals surface area contributed by atoms with E-state index in [1.807, 2.05) is 13.8 Å². The molecule has 0 unspecified atom stereocenters. The fraction of sp³-hybridized carbons (Fsp3) is 0.522. The number of fused-ring (bicyclic) bond motifs is 1. The predicted molar refractivity (Wildman–Crippen MR) is 119 cm³/mol. The van der Waals surface area contributed by atoms with Crippen LogP contribution in [-0.4, -0.2) is 81.5 Å². The zero-order chi connectivity index (χ0) is 22.8. The van der Waals surface area contributed by atoms with E-state index in [0.717, 1.165) is 12.8 Å². The molecule has 3 heterocycles. The molecule has 1 aromatic heterocycles. The molecule has 4 rings (SSSR count). The van der Waals surface area contributed by atoms with Crippen molar-refractivity contribution in [1.29, 1.82) is 0 Å². The third kappa shape index (κ3) is 4.24. The van der Waals surface area contributed by atoms with Gasteiger partial charge in [0.2, 0.25) is 0 Å². The summed E-state index contributed by atoms with van der Waals surface area (Å²) in [5.74, 6) is -1.01. The lowest BCUT2D eigenvalue weighted by atomic mass is 10.1. The predicted octanol–water partition coefficient (Wildman–Crippen LogP) is 0.959. The normalized spacial score (nSPS) is 16.8. The lowest BCUT2D eigenvalue weighted by molar-refractivity contribution is -0.152. The maximum Gasteiger partial charge on any atom is 0.312 e. The summed E-state index contributed by atoms with van der Waals surface area (Å²) in [6.45, 7) is 6.90. The van der Waals surface area contributed by atoms with Crippen molar-refractivity contribution in [1.82, 2.24) is 24.5 Å². The van der Waals surface area contributed by atoms with Crippen LogP contribution >= 0.6 is 0 Å². The lowest BCUT2D eigenvalue weighted by Gasteiger charge is -2.35. The van der Waals surface area contributed by atoms with Gasteiger partial charge in [0.1, 0.15) is 0 Å². The van der Waals surface area contributed by atoms with Crippen LogP contribution in [0.25, 0.3) is 10.8 Å². The highest BCUT2D eigenvalue weighted by molar-refractivity contribution is 6.35. The first kappa shape index (κ1) is 22.0. The van der Waals surface area contributed by atoms with E-state index in [0.29, 0.717) is 56.6 Å². The number of aromatic nitrogens is 2. The molecule has 170 valence electrons. The second-order valence-corrected chi connectivity index (χ2v) is 8.86. The van der Waals surface area contributed by atoms with E-state index in [9.17, 15) is 19.2 Å². The molecule has 2 saturated heterocycles. The van der Waals surface area contributed by atoms with Crippen LogP contribution in [0.15, 0.2) is 29.1 Å². The molecular weight excluding hydrogens is 410 g/mol. The third-order valence-corrected chi connectivity index (χ3v) is 6.04. The topological polar surface area (TPSA) is 95.8 Å². The monoisotopic (exact) mass is 439 g/mol. The lowest BCUT2D eigenvalue weighted by Crippen LogP contribution is -2.54. The van der Waals surface area contributed by atoms with Crippen molar-refractivity contribution in [2.75, 3.05) is 39.3 Å². The van der Waals surface area contributed by atoms with E-state index in [1.165, 1.54) is 9.58 Å². The number of likely N-dealkylation sites (tertiary alicyclic amines) is 1. The fourth-order valence-electron chi connectivity index (χ4n) is 4.32. The number of rotatable bonds is 3. The first-order chi connectivity index (χ1) is 15.4. The van der Waals surface area contributed by atoms with Gasteiger partial charge in [-0.3, -0.25) is 19.2 Å². The minimum atomic E-state index is -0.493. The number of piperazine rings is 1. The molecular formula is C23H29N5O4. The first-order valence-electron chi connectivity index (χ1n) is 11.2. The molecule has 0 spiro atoms. The molecule has 2 aliphatic heterocycles. The van der Waals surface area contributed by atoms with Gasteiger partial charge in [-0.25, -0.2) is 4.68 Å². The number of amides is 3. The first-order valence-corrected chi connectivity index (χ1v) is 11.2. The maximum atomic E-state index is 13.4. The number of nitrogens with zero attached hydrogens (tertiary/aromatic N) is 5. The number of hydrogen-bond acceptors (Lipinski definition) is 5. The van der Waals surface area contributed by atoms with Crippen LogP contribution in [0.2, 0.25) is 0 Å². The van der Waals surface area contributed by atoms with Gasteiger partial charge in [0.25, 0.3) is 11.5 Å². The molecule has 0 radical (unpaired) electrons. The van der Waals surface area contributed by atoms with Crippen molar-refractivity contribution < 1.29 is 14.4 Å². The average Bonchev–Trinajstić information content (AvgIpc) is 3.34. The van der Waals surface area contributed by atoms with Gasteiger partial charge in [-0.05, 0) is 24.8 Å². The average molecular weight is 440 g/mol. The smallest absolute Gasteiger partial charge is 0.312 e. The molecule has 2 fully saturated rings. The van der Waals surface area contributed by atoms with E-state index in [-0.39, 0.29) is 23.1 Å². The van der Waals surface area contributed by atoms with Gasteiger partial charge in [0.15, 0.2) is 5.69 Å². The molecule has 0 aliphatic carbocycles. The number of carbonyl (C=O) groups excluding carboxylic acids is 3. The van der Waals surface area contributed by atoms with Crippen LogP contribution in [0.4, 0.5) is 0 Å². The second-order valence-electron chi connectivity index (χ2n) is 8.86. The molecule has 9 nitrogen and oxygen atoms in total. The van der Waals surface area contributed by atoms with E-state index < -0.39 is 11.8 Å². The van der Waals surface area contributed by atoms with Crippen LogP contribution in [0, 0.1) is 5.92 Å². The van der Waals surface area contributed by atoms with E-state index in [4.69, 9.17) is 0 Å². The van der Waals surface area contributed by atoms with Crippen LogP contribution in [0.3, 0.4) is 0 Å². The Balaban J connectivity index is 1.52. The third-order valence-electron chi connectivity index (χ3n) is 6.04. The Bertz CT molecular complexity index is 1100. The van der Waals surface area contributed by atoms with Gasteiger partial charge in [-0.15, -0.1) is 0 Å². The largest absolute Gasteiger partial charge is 0.334 e. The van der Waals surface area contributed by atoms with Gasteiger partial charge < -0.3 is 14.7 Å². The minimum Gasteiger partial charge on any atom is -0.334 e. The quantitative estimate of drug-likeness (QED) is 0.664. The molecule has 0 bridgehead atoms. The summed E-state index contributed by atoms with van der Waals surface area (Å²) >= 11 is 0. The molecule has 0 N–H and O–H groups in total. The molecule has 1 aromatic carbocycles. The highest BCUT2D eigenvalue weighted by Crippen LogP contribution is 2.17. The minimum absolute atomic E-state index is 0.201. The summed E-state index contributed by atoms with van der Waals surface area (Å²) in [7, 11) is 0. The van der Waals surface area contributed by atoms with Gasteiger partial charge in [-0.1, -0.05) is 32.0 Å². The molecule has 9 heteroatoms. The highest BCUT2D eigenvalue weighted by Gasteiger charge is 2.32. The molecule has 2 aliphatic rings. The number of hydrogen-bond donors (Lipinski definition) is 0. The maximum absolute atomic E-state index is 13.4. The summed E-state index contributed by atoms with van der Waals surface area (Å²) in [5.41, 5.74) is 0.0375. The van der Waals surface area contributed by atoms with Crippen LogP contribution in [0.1, 0.15) is 37.2 Å². The van der Waals surface area contributed by atoms with Gasteiger partial charge >= 0.3 is 11.8 Å². The summed E-state index contributed by atoms with van der Waals surface area (Å²) in [6.07, 6.45) is 1.86. The van der Waals surface area contributed by atoms with Crippen molar-refractivity contribution in [2.45, 2.75) is 33.2 Å². The Morgan fingerprint density at radius 3 is 1.97 bits per heavy atom. The molecule has 0 saturated carbocycles. The molecule has 32 heavy (non-hydrogen) atoms. The van der Waals surface area contributed by atoms with Crippen molar-refractivity contribution >= 4 is 28.5 Å². The van der Waals surface area contributed by atoms with Crippen LogP contribution < -0.4 is 5.56 Å². The summed E-state index contributed by atoms with van der Waals surface area (Å²) in [6, 6.07) is 7.02. The zero-order valence-electron chi connectivity index (χ0n) is 18.6. The van der Waals surface area contributed by atoms with Crippen LogP contribution in [0.5, 0.6) is 0 Å². The molecule has 0 atom stereocenters. The van der Waals surface area contributed by atoms with Crippen molar-refractivity contribution in [3.63, 3.8) is 0 Å². The summed E-state index contributed by atoms with van der Waals surface area (Å²) < 4.78 is 1.37. The van der Waals surface area contributed by atoms with Crippen LogP contribution in [-0.2, 0) is 16.1 Å². The molecule has 3 amide bonds. The van der Waals surface area contributed by atoms with Gasteiger partial charge in [0.05, 0.1) is 5.39 Å². The summed E-state index contributed by atoms with van der Waals surface area (Å²) in [4.78, 5) is 55.9. The fourth-order valence-corrected chi connectivity index (χ4v) is 4.32. The summed E-state index contributed by atoms with van der Waals surface area (Å²) in [5, 5.41) is 5.42. The Kier molecular flexibility index (Phi) is 6.25. The van der Waals surface area contributed by atoms with Crippen molar-refractivity contribution in [3.8, 4) is 0 Å². The Morgan fingerprint density at radius 1 is 0.844 bits per heavy atom. The van der Waals surface area contributed by atoms with Gasteiger partial charge in [-0.2, -0.15) is 5.10 Å². The standard InChI is InChI=1S/C23H29N5O4/c1-16(2)15-28-20(29)18-8-4-3-7-17(18)19(24-28)21(30)26-11-13-27(14-12-26)23(32)22(31)25-9-5-6-10-25/h3-4,7-8,16H,5-6,9-15H2,1-2H3. The van der Waals surface area contributed by atoms with Crippen molar-refractivity contribution in [3.05, 3.63) is 40.3 Å². The Morgan fingerprint density at radius 2 is 1.38 bits per heavy atom. The molecule has 2 aromatic rings. The Labute approximate surface area is 186 Å². The Hall–Kier alpha value is -3.23. The SMILES string of the molecule is CC(C)Cn1nc(C(=O)N2CCN(C(=O)C(=O)N3CCCC3)CC2)c2ccccc2c1=O. The zero-order valence-corrected chi connectivity index (χ0v) is 18.6. The van der Waals surface area contributed by atoms with Crippen molar-refractivity contribution in [2.24, 2.45) is 5.92 Å². The van der Waals surface area contributed by atoms with E-state index in [1.54, 1.807) is 34.1 Å². The van der Waals surface area contributed by atoms with E-state index >= 15 is 0 Å². The van der Waals surface area contributed by atoms with Gasteiger partial charge in [0, 0.05) is 51.2 Å². The second kappa shape index (κ2) is 9.10. The number of carbonyl (C=O) groups is 3.